The lowest BCUT2D eigenvalue weighted by Gasteiger charge is -2.17. The highest BCUT2D eigenvalue weighted by Gasteiger charge is 2.16. The zero-order chi connectivity index (χ0) is 30.5. The lowest BCUT2D eigenvalue weighted by molar-refractivity contribution is 0.421. The Bertz CT molecular complexity index is 1630. The molecule has 0 saturated carbocycles. The van der Waals surface area contributed by atoms with Crippen LogP contribution in [0.1, 0.15) is 6.42 Å². The minimum Gasteiger partial charge on any atom is -0.454 e. The number of hydrogen-bond donors (Lipinski definition) is 0. The lowest BCUT2D eigenvalue weighted by atomic mass is 10.3. The summed E-state index contributed by atoms with van der Waals surface area (Å²) in [4.78, 5) is 0. The summed E-state index contributed by atoms with van der Waals surface area (Å²) in [7, 11) is -1.22. The van der Waals surface area contributed by atoms with E-state index in [1.165, 1.54) is 28.9 Å². The first-order chi connectivity index (χ1) is 22.3. The molecule has 4 nitrogen and oxygen atoms in total. The van der Waals surface area contributed by atoms with Crippen molar-refractivity contribution in [3.8, 4) is 46.0 Å². The van der Waals surface area contributed by atoms with Crippen LogP contribution in [0.5, 0.6) is 46.0 Å². The Balaban J connectivity index is 1.14. The Labute approximate surface area is 269 Å². The Morgan fingerprint density at radius 2 is 0.667 bits per heavy atom. The molecule has 45 heavy (non-hydrogen) atoms. The van der Waals surface area contributed by atoms with Gasteiger partial charge < -0.3 is 18.9 Å². The quantitative estimate of drug-likeness (QED) is 0.0902. The Hall–Kier alpha value is -5.05. The maximum atomic E-state index is 6.46. The van der Waals surface area contributed by atoms with Gasteiger partial charge in [-0.3, -0.25) is 0 Å². The third kappa shape index (κ3) is 8.53. The normalized spacial score (nSPS) is 11.2. The zero-order valence-corrected chi connectivity index (χ0v) is 28.0. The molecule has 0 amide bonds. The van der Waals surface area contributed by atoms with Gasteiger partial charge in [0.15, 0.2) is 23.0 Å². The first-order valence-corrected chi connectivity index (χ1v) is 18.9. The zero-order valence-electron chi connectivity index (χ0n) is 25.2. The minimum atomic E-state index is -0.610. The molecule has 6 aromatic carbocycles. The number of hydrogen-bond acceptors (Lipinski definition) is 4. The van der Waals surface area contributed by atoms with Crippen LogP contribution < -0.4 is 29.3 Å². The van der Waals surface area contributed by atoms with Crippen molar-refractivity contribution >= 4 is 29.4 Å². The molecule has 0 aliphatic rings. The van der Waals surface area contributed by atoms with Crippen LogP contribution in [0.2, 0.25) is 12.1 Å². The fraction of sp³-hybridized carbons (Fsp3) is 0.0769. The van der Waals surface area contributed by atoms with Crippen LogP contribution in [0, 0.1) is 0 Å². The Morgan fingerprint density at radius 1 is 0.333 bits per heavy atom. The number of ether oxygens (including phenoxy) is 4. The topological polar surface area (TPSA) is 36.9 Å². The maximum absolute atomic E-state index is 6.46. The lowest BCUT2D eigenvalue weighted by Crippen LogP contribution is -2.19. The average Bonchev–Trinajstić information content (AvgIpc) is 3.09. The molecule has 0 aliphatic heterocycles. The van der Waals surface area contributed by atoms with Crippen molar-refractivity contribution in [2.75, 3.05) is 0 Å². The van der Waals surface area contributed by atoms with Gasteiger partial charge in [0.25, 0.3) is 0 Å². The predicted octanol–water partition coefficient (Wildman–Crippen LogP) is 8.37. The van der Waals surface area contributed by atoms with Crippen LogP contribution in [0.4, 0.5) is 0 Å². The SMILES string of the molecule is c1ccc(Oc2cccc([SiH2]CCC[SiH2]c3cccc(Oc4ccccc4)c3Oc3ccccc3)c2Oc2ccccc2)cc1. The monoisotopic (exact) mass is 624 g/mol. The first-order valence-electron chi connectivity index (χ1n) is 15.5. The van der Waals surface area contributed by atoms with E-state index in [0.29, 0.717) is 0 Å². The van der Waals surface area contributed by atoms with E-state index in [1.807, 2.05) is 133 Å². The minimum absolute atomic E-state index is 0.610. The average molecular weight is 625 g/mol. The summed E-state index contributed by atoms with van der Waals surface area (Å²) in [5.41, 5.74) is 0. The van der Waals surface area contributed by atoms with E-state index in [1.54, 1.807) is 0 Å². The molecule has 0 saturated heterocycles. The van der Waals surface area contributed by atoms with E-state index in [4.69, 9.17) is 18.9 Å². The van der Waals surface area contributed by atoms with Crippen LogP contribution in [0.3, 0.4) is 0 Å². The molecule has 0 spiro atoms. The molecule has 0 heterocycles. The summed E-state index contributed by atoms with van der Waals surface area (Å²) in [6.45, 7) is 0. The summed E-state index contributed by atoms with van der Waals surface area (Å²) in [6, 6.07) is 54.6. The second kappa shape index (κ2) is 15.6. The maximum Gasteiger partial charge on any atom is 0.169 e. The summed E-state index contributed by atoms with van der Waals surface area (Å²) in [6.07, 6.45) is 1.17. The van der Waals surface area contributed by atoms with Gasteiger partial charge >= 0.3 is 0 Å². The molecule has 224 valence electrons. The molecule has 0 radical (unpaired) electrons. The Morgan fingerprint density at radius 3 is 1.02 bits per heavy atom. The van der Waals surface area contributed by atoms with Gasteiger partial charge in [-0.25, -0.2) is 0 Å². The van der Waals surface area contributed by atoms with Crippen LogP contribution in [-0.2, 0) is 0 Å². The summed E-state index contributed by atoms with van der Waals surface area (Å²) >= 11 is 0. The van der Waals surface area contributed by atoms with Crippen molar-refractivity contribution in [3.63, 3.8) is 0 Å². The highest BCUT2D eigenvalue weighted by Crippen LogP contribution is 2.35. The largest absolute Gasteiger partial charge is 0.454 e. The van der Waals surface area contributed by atoms with Crippen LogP contribution in [-0.4, -0.2) is 19.0 Å². The molecule has 0 aromatic heterocycles. The van der Waals surface area contributed by atoms with E-state index in [2.05, 4.69) is 24.3 Å². The van der Waals surface area contributed by atoms with Crippen molar-refractivity contribution in [1.29, 1.82) is 0 Å². The van der Waals surface area contributed by atoms with Gasteiger partial charge in [-0.15, -0.1) is 0 Å². The van der Waals surface area contributed by atoms with Gasteiger partial charge in [-0.2, -0.15) is 0 Å². The van der Waals surface area contributed by atoms with E-state index in [0.717, 1.165) is 46.0 Å². The molecule has 0 aliphatic carbocycles. The molecule has 0 bridgehead atoms. The molecule has 6 rings (SSSR count). The fourth-order valence-corrected chi connectivity index (χ4v) is 9.39. The predicted molar refractivity (Wildman–Crippen MR) is 190 cm³/mol. The van der Waals surface area contributed by atoms with Gasteiger partial charge in [-0.05, 0) is 71.0 Å². The molecule has 0 atom stereocenters. The third-order valence-electron chi connectivity index (χ3n) is 7.38. The van der Waals surface area contributed by atoms with Crippen molar-refractivity contribution in [2.45, 2.75) is 18.5 Å². The van der Waals surface area contributed by atoms with Crippen molar-refractivity contribution in [3.05, 3.63) is 158 Å². The molecule has 0 unspecified atom stereocenters. The smallest absolute Gasteiger partial charge is 0.169 e. The van der Waals surface area contributed by atoms with Crippen molar-refractivity contribution in [1.82, 2.24) is 0 Å². The van der Waals surface area contributed by atoms with Gasteiger partial charge in [0.05, 0.1) is 19.0 Å². The molecule has 6 aromatic rings. The van der Waals surface area contributed by atoms with Gasteiger partial charge in [0.1, 0.15) is 23.0 Å². The summed E-state index contributed by atoms with van der Waals surface area (Å²) < 4.78 is 25.5. The molecule has 6 heteroatoms. The number of benzene rings is 6. The number of para-hydroxylation sites is 6. The van der Waals surface area contributed by atoms with Gasteiger partial charge in [-0.1, -0.05) is 116 Å². The van der Waals surface area contributed by atoms with E-state index in [-0.39, 0.29) is 0 Å². The standard InChI is InChI=1S/C39H36O4Si2/c1-5-16-30(17-6-1)40-34-24-13-26-36(38(34)42-32-20-9-3-10-21-32)44-28-15-29-45-37-27-14-25-35(41-31-18-7-2-8-19-31)39(37)43-33-22-11-4-12-23-33/h1-14,16-27H,15,28-29,44-45H2. The van der Waals surface area contributed by atoms with Gasteiger partial charge in [0.2, 0.25) is 0 Å². The second-order valence-corrected chi connectivity index (χ2v) is 14.6. The second-order valence-electron chi connectivity index (χ2n) is 10.7. The summed E-state index contributed by atoms with van der Waals surface area (Å²) in [5, 5.41) is 2.56. The highest BCUT2D eigenvalue weighted by atomic mass is 28.2. The molecule has 0 N–H and O–H groups in total. The fourth-order valence-electron chi connectivity index (χ4n) is 5.16. The molecular weight excluding hydrogens is 589 g/mol. The first kappa shape index (κ1) is 30.0. The van der Waals surface area contributed by atoms with E-state index in [9.17, 15) is 0 Å². The third-order valence-corrected chi connectivity index (χ3v) is 11.3. The Kier molecular flexibility index (Phi) is 10.4. The van der Waals surface area contributed by atoms with Crippen LogP contribution in [0.15, 0.2) is 158 Å². The van der Waals surface area contributed by atoms with Gasteiger partial charge in [0, 0.05) is 0 Å². The van der Waals surface area contributed by atoms with Crippen LogP contribution >= 0.6 is 0 Å². The number of rotatable bonds is 14. The van der Waals surface area contributed by atoms with Crippen molar-refractivity contribution in [2.24, 2.45) is 0 Å². The van der Waals surface area contributed by atoms with E-state index >= 15 is 0 Å². The molecular formula is C39H36O4Si2. The van der Waals surface area contributed by atoms with E-state index < -0.39 is 19.0 Å². The van der Waals surface area contributed by atoms with Crippen molar-refractivity contribution < 1.29 is 18.9 Å². The highest BCUT2D eigenvalue weighted by molar-refractivity contribution is 6.56. The molecule has 0 fully saturated rings. The van der Waals surface area contributed by atoms with Crippen LogP contribution in [0.25, 0.3) is 0 Å². The summed E-state index contributed by atoms with van der Waals surface area (Å²) in [5.74, 6) is 6.39.